The zero-order chi connectivity index (χ0) is 27.8. The second kappa shape index (κ2) is 32.6. The third kappa shape index (κ3) is 31.6. The topological polar surface area (TPSA) is 40.5 Å². The summed E-state index contributed by atoms with van der Waals surface area (Å²) in [6.07, 6.45) is 43.6. The fourth-order valence-corrected chi connectivity index (χ4v) is 5.27. The summed E-state index contributed by atoms with van der Waals surface area (Å²) in [4.78, 5) is 0. The molecule has 2 nitrogen and oxygen atoms in total. The third-order valence-corrected chi connectivity index (χ3v) is 7.89. The largest absolute Gasteiger partial charge is 0.393 e. The summed E-state index contributed by atoms with van der Waals surface area (Å²) >= 11 is 0. The fourth-order valence-electron chi connectivity index (χ4n) is 5.27. The number of hydrogen-bond donors (Lipinski definition) is 2. The maximum absolute atomic E-state index is 10.3. The predicted octanol–water partition coefficient (Wildman–Crippen LogP) is 11.8. The van der Waals surface area contributed by atoms with Gasteiger partial charge >= 0.3 is 0 Å². The molecule has 0 radical (unpaired) electrons. The van der Waals surface area contributed by atoms with Gasteiger partial charge in [-0.3, -0.25) is 0 Å². The van der Waals surface area contributed by atoms with Crippen LogP contribution in [0.1, 0.15) is 194 Å². The molecule has 2 atom stereocenters. The lowest BCUT2D eigenvalue weighted by atomic mass is 10.00. The Morgan fingerprint density at radius 2 is 0.632 bits per heavy atom. The lowest BCUT2D eigenvalue weighted by molar-refractivity contribution is 0.0680. The van der Waals surface area contributed by atoms with Crippen molar-refractivity contribution in [3.8, 4) is 0 Å². The van der Waals surface area contributed by atoms with Gasteiger partial charge in [-0.1, -0.05) is 147 Å². The van der Waals surface area contributed by atoms with Gasteiger partial charge in [-0.15, -0.1) is 0 Å². The zero-order valence-corrected chi connectivity index (χ0v) is 26.2. The molecule has 0 aliphatic rings. The normalized spacial score (nSPS) is 13.7. The van der Waals surface area contributed by atoms with Gasteiger partial charge in [0.15, 0.2) is 0 Å². The molecule has 0 bridgehead atoms. The minimum atomic E-state index is -0.328. The second-order valence-electron chi connectivity index (χ2n) is 11.9. The molecule has 0 fully saturated rings. The van der Waals surface area contributed by atoms with Gasteiger partial charge < -0.3 is 10.2 Å². The van der Waals surface area contributed by atoms with Crippen molar-refractivity contribution in [2.75, 3.05) is 0 Å². The molecular formula is C36H70O2. The van der Waals surface area contributed by atoms with E-state index >= 15 is 0 Å². The number of aliphatic hydroxyl groups is 2. The van der Waals surface area contributed by atoms with E-state index in [2.05, 4.69) is 38.2 Å². The van der Waals surface area contributed by atoms with Gasteiger partial charge in [-0.25, -0.2) is 0 Å². The van der Waals surface area contributed by atoms with Crippen LogP contribution in [-0.4, -0.2) is 22.4 Å². The van der Waals surface area contributed by atoms with Crippen molar-refractivity contribution in [3.05, 3.63) is 24.3 Å². The van der Waals surface area contributed by atoms with Gasteiger partial charge in [-0.2, -0.15) is 0 Å². The fraction of sp³-hybridized carbons (Fsp3) is 0.889. The van der Waals surface area contributed by atoms with E-state index in [-0.39, 0.29) is 12.2 Å². The molecular weight excluding hydrogens is 464 g/mol. The van der Waals surface area contributed by atoms with E-state index in [4.69, 9.17) is 0 Å². The van der Waals surface area contributed by atoms with Gasteiger partial charge in [0.05, 0.1) is 12.2 Å². The zero-order valence-electron chi connectivity index (χ0n) is 26.2. The van der Waals surface area contributed by atoms with Crippen LogP contribution in [0, 0.1) is 0 Å². The molecule has 2 unspecified atom stereocenters. The Balaban J connectivity index is 3.36. The lowest BCUT2D eigenvalue weighted by Gasteiger charge is -2.15. The second-order valence-corrected chi connectivity index (χ2v) is 11.9. The standard InChI is InChI=1S/C36H70O2/c1-3-5-7-9-11-13-15-17-19-21-23-25-27-29-31-33-36(38)34-35(37)32-30-28-26-24-22-20-18-16-14-12-10-8-6-4-2/h17-20,35-38H,3-16,21-34H2,1-2H3. The van der Waals surface area contributed by atoms with Crippen LogP contribution in [0.4, 0.5) is 0 Å². The Labute approximate surface area is 240 Å². The van der Waals surface area contributed by atoms with Crippen LogP contribution in [0.3, 0.4) is 0 Å². The first-order valence-electron chi connectivity index (χ1n) is 17.4. The van der Waals surface area contributed by atoms with Crippen LogP contribution in [0.2, 0.25) is 0 Å². The maximum atomic E-state index is 10.3. The molecule has 0 aromatic rings. The van der Waals surface area contributed by atoms with Gasteiger partial charge in [0.1, 0.15) is 0 Å². The minimum Gasteiger partial charge on any atom is -0.393 e. The molecule has 0 aromatic carbocycles. The van der Waals surface area contributed by atoms with Crippen molar-refractivity contribution >= 4 is 0 Å². The Kier molecular flexibility index (Phi) is 32.1. The molecule has 0 amide bonds. The highest BCUT2D eigenvalue weighted by molar-refractivity contribution is 4.82. The highest BCUT2D eigenvalue weighted by Gasteiger charge is 2.11. The summed E-state index contributed by atoms with van der Waals surface area (Å²) in [7, 11) is 0. The van der Waals surface area contributed by atoms with Gasteiger partial charge in [0.25, 0.3) is 0 Å². The van der Waals surface area contributed by atoms with E-state index < -0.39 is 0 Å². The molecule has 226 valence electrons. The smallest absolute Gasteiger partial charge is 0.0564 e. The Morgan fingerprint density at radius 3 is 0.947 bits per heavy atom. The van der Waals surface area contributed by atoms with Crippen LogP contribution < -0.4 is 0 Å². The number of rotatable bonds is 31. The van der Waals surface area contributed by atoms with E-state index in [0.29, 0.717) is 6.42 Å². The summed E-state index contributed by atoms with van der Waals surface area (Å²) in [6, 6.07) is 0. The van der Waals surface area contributed by atoms with Gasteiger partial charge in [0.2, 0.25) is 0 Å². The molecule has 0 spiro atoms. The Hall–Kier alpha value is -0.600. The SMILES string of the molecule is CCCCCCCCC=CCCCCCCCC(O)CC(O)CCCCCCC=CCCCCCCCC. The predicted molar refractivity (Wildman–Crippen MR) is 171 cm³/mol. The Morgan fingerprint density at radius 1 is 0.368 bits per heavy atom. The van der Waals surface area contributed by atoms with Crippen molar-refractivity contribution in [2.45, 2.75) is 206 Å². The minimum absolute atomic E-state index is 0.327. The molecule has 38 heavy (non-hydrogen) atoms. The molecule has 0 aliphatic carbocycles. The number of unbranched alkanes of at least 4 members (excludes halogenated alkanes) is 21. The first-order chi connectivity index (χ1) is 18.7. The summed E-state index contributed by atoms with van der Waals surface area (Å²) in [5.41, 5.74) is 0. The highest BCUT2D eigenvalue weighted by Crippen LogP contribution is 2.16. The van der Waals surface area contributed by atoms with E-state index in [1.807, 2.05) is 0 Å². The summed E-state index contributed by atoms with van der Waals surface area (Å²) < 4.78 is 0. The van der Waals surface area contributed by atoms with Crippen molar-refractivity contribution in [2.24, 2.45) is 0 Å². The number of aliphatic hydroxyl groups excluding tert-OH is 2. The molecule has 0 saturated carbocycles. The maximum Gasteiger partial charge on any atom is 0.0564 e. The average Bonchev–Trinajstić information content (AvgIpc) is 2.91. The van der Waals surface area contributed by atoms with Crippen molar-refractivity contribution < 1.29 is 10.2 Å². The quantitative estimate of drug-likeness (QED) is 0.0685. The molecule has 0 aromatic heterocycles. The van der Waals surface area contributed by atoms with Crippen molar-refractivity contribution in [1.29, 1.82) is 0 Å². The van der Waals surface area contributed by atoms with Crippen LogP contribution in [0.15, 0.2) is 24.3 Å². The van der Waals surface area contributed by atoms with E-state index in [0.717, 1.165) is 25.7 Å². The number of allylic oxidation sites excluding steroid dienone is 4. The molecule has 0 heterocycles. The molecule has 0 aliphatic heterocycles. The first kappa shape index (κ1) is 37.4. The summed E-state index contributed by atoms with van der Waals surface area (Å²) in [5, 5.41) is 20.5. The van der Waals surface area contributed by atoms with Crippen molar-refractivity contribution in [3.63, 3.8) is 0 Å². The molecule has 0 rings (SSSR count). The van der Waals surface area contributed by atoms with Crippen molar-refractivity contribution in [1.82, 2.24) is 0 Å². The average molecular weight is 535 g/mol. The van der Waals surface area contributed by atoms with E-state index in [1.165, 1.54) is 148 Å². The Bertz CT molecular complexity index is 484. The monoisotopic (exact) mass is 535 g/mol. The molecule has 0 saturated heterocycles. The van der Waals surface area contributed by atoms with E-state index in [9.17, 15) is 10.2 Å². The molecule has 2 N–H and O–H groups in total. The van der Waals surface area contributed by atoms with Gasteiger partial charge in [0, 0.05) is 0 Å². The van der Waals surface area contributed by atoms with E-state index in [1.54, 1.807) is 0 Å². The lowest BCUT2D eigenvalue weighted by Crippen LogP contribution is -2.17. The van der Waals surface area contributed by atoms with Crippen LogP contribution in [0.5, 0.6) is 0 Å². The van der Waals surface area contributed by atoms with Crippen LogP contribution in [-0.2, 0) is 0 Å². The summed E-state index contributed by atoms with van der Waals surface area (Å²) in [5.74, 6) is 0. The van der Waals surface area contributed by atoms with Crippen LogP contribution in [0.25, 0.3) is 0 Å². The number of hydrogen-bond acceptors (Lipinski definition) is 2. The molecule has 2 heteroatoms. The highest BCUT2D eigenvalue weighted by atomic mass is 16.3. The summed E-state index contributed by atoms with van der Waals surface area (Å²) in [6.45, 7) is 4.55. The van der Waals surface area contributed by atoms with Gasteiger partial charge in [-0.05, 0) is 70.6 Å². The first-order valence-corrected chi connectivity index (χ1v) is 17.4. The van der Waals surface area contributed by atoms with Crippen LogP contribution >= 0.6 is 0 Å². The third-order valence-electron chi connectivity index (χ3n) is 7.89.